The first-order chi connectivity index (χ1) is 9.47. The molecule has 0 unspecified atom stereocenters. The summed E-state index contributed by atoms with van der Waals surface area (Å²) >= 11 is 4.92. The number of phenolic OH excluding ortho intramolecular Hbond substituents is 1. The van der Waals surface area contributed by atoms with Crippen molar-refractivity contribution in [2.75, 3.05) is 5.32 Å². The molecule has 0 spiro atoms. The normalized spacial score (nSPS) is 10.1. The van der Waals surface area contributed by atoms with Crippen molar-refractivity contribution in [1.29, 1.82) is 0 Å². The predicted octanol–water partition coefficient (Wildman–Crippen LogP) is 2.59. The van der Waals surface area contributed by atoms with Crippen LogP contribution in [0.15, 0.2) is 42.5 Å². The molecule has 0 saturated carbocycles. The van der Waals surface area contributed by atoms with Gasteiger partial charge in [-0.1, -0.05) is 24.4 Å². The fraction of sp³-hybridized carbons (Fsp3) is 0.0667. The molecule has 20 heavy (non-hydrogen) atoms. The van der Waals surface area contributed by atoms with Crippen LogP contribution in [-0.2, 0) is 0 Å². The van der Waals surface area contributed by atoms with E-state index in [9.17, 15) is 9.90 Å². The summed E-state index contributed by atoms with van der Waals surface area (Å²) in [6, 6.07) is 11.4. The second-order valence-corrected chi connectivity index (χ2v) is 4.83. The van der Waals surface area contributed by atoms with Crippen molar-refractivity contribution >= 4 is 28.8 Å². The van der Waals surface area contributed by atoms with Gasteiger partial charge < -0.3 is 16.2 Å². The minimum Gasteiger partial charge on any atom is -0.508 e. The third-order valence-corrected chi connectivity index (χ3v) is 3.14. The van der Waals surface area contributed by atoms with Gasteiger partial charge in [0.15, 0.2) is 0 Å². The highest BCUT2D eigenvalue weighted by Crippen LogP contribution is 2.18. The van der Waals surface area contributed by atoms with Crippen molar-refractivity contribution < 1.29 is 9.90 Å². The molecule has 0 heterocycles. The summed E-state index contributed by atoms with van der Waals surface area (Å²) in [5.74, 6) is -0.138. The molecule has 4 N–H and O–H groups in total. The number of aromatic hydroxyl groups is 1. The van der Waals surface area contributed by atoms with Gasteiger partial charge in [-0.05, 0) is 42.8 Å². The maximum Gasteiger partial charge on any atom is 0.255 e. The maximum atomic E-state index is 12.1. The average Bonchev–Trinajstić information content (AvgIpc) is 2.41. The number of carbonyl (C=O) groups is 1. The molecule has 0 bridgehead atoms. The smallest absolute Gasteiger partial charge is 0.255 e. The van der Waals surface area contributed by atoms with Crippen LogP contribution >= 0.6 is 12.2 Å². The van der Waals surface area contributed by atoms with E-state index in [-0.39, 0.29) is 16.6 Å². The van der Waals surface area contributed by atoms with Gasteiger partial charge >= 0.3 is 0 Å². The average molecular weight is 286 g/mol. The second-order valence-electron chi connectivity index (χ2n) is 4.39. The van der Waals surface area contributed by atoms with E-state index in [2.05, 4.69) is 5.32 Å². The molecule has 2 rings (SSSR count). The highest BCUT2D eigenvalue weighted by molar-refractivity contribution is 7.80. The zero-order chi connectivity index (χ0) is 14.7. The van der Waals surface area contributed by atoms with Crippen molar-refractivity contribution in [3.05, 3.63) is 59.2 Å². The van der Waals surface area contributed by atoms with Crippen molar-refractivity contribution in [1.82, 2.24) is 0 Å². The van der Waals surface area contributed by atoms with E-state index in [1.165, 1.54) is 12.1 Å². The van der Waals surface area contributed by atoms with Gasteiger partial charge in [0.05, 0.1) is 0 Å². The number of nitrogens with one attached hydrogen (secondary N) is 1. The highest BCUT2D eigenvalue weighted by Gasteiger charge is 2.09. The van der Waals surface area contributed by atoms with Gasteiger partial charge in [0.1, 0.15) is 10.7 Å². The molecule has 1 amide bonds. The van der Waals surface area contributed by atoms with E-state index in [1.807, 2.05) is 19.1 Å². The lowest BCUT2D eigenvalue weighted by Crippen LogP contribution is -2.14. The Labute approximate surface area is 122 Å². The van der Waals surface area contributed by atoms with Crippen molar-refractivity contribution in [3.8, 4) is 5.75 Å². The fourth-order valence-corrected chi connectivity index (χ4v) is 1.84. The Kier molecular flexibility index (Phi) is 4.00. The zero-order valence-corrected chi connectivity index (χ0v) is 11.7. The van der Waals surface area contributed by atoms with Crippen LogP contribution in [0.5, 0.6) is 5.75 Å². The Morgan fingerprint density at radius 3 is 2.35 bits per heavy atom. The standard InChI is InChI=1S/C15H14N2O2S/c1-9-2-3-11(14(16)20)8-13(9)17-15(19)10-4-6-12(18)7-5-10/h2-8,18H,1H3,(H2,16,20)(H,17,19). The van der Waals surface area contributed by atoms with E-state index in [4.69, 9.17) is 18.0 Å². The third kappa shape index (κ3) is 3.13. The monoisotopic (exact) mass is 286 g/mol. The van der Waals surface area contributed by atoms with Crippen molar-refractivity contribution in [2.45, 2.75) is 6.92 Å². The number of phenols is 1. The van der Waals surface area contributed by atoms with Crippen LogP contribution in [-0.4, -0.2) is 16.0 Å². The van der Waals surface area contributed by atoms with E-state index in [1.54, 1.807) is 18.2 Å². The van der Waals surface area contributed by atoms with Gasteiger partial charge in [-0.25, -0.2) is 0 Å². The van der Waals surface area contributed by atoms with Crippen LogP contribution in [0.25, 0.3) is 0 Å². The number of hydrogen-bond acceptors (Lipinski definition) is 3. The van der Waals surface area contributed by atoms with Gasteiger partial charge in [0, 0.05) is 16.8 Å². The highest BCUT2D eigenvalue weighted by atomic mass is 32.1. The van der Waals surface area contributed by atoms with Crippen LogP contribution in [0.2, 0.25) is 0 Å². The molecule has 0 aromatic heterocycles. The molecule has 0 fully saturated rings. The number of amides is 1. The molecule has 0 aliphatic rings. The number of nitrogens with two attached hydrogens (primary N) is 1. The number of anilines is 1. The molecular formula is C15H14N2O2S. The van der Waals surface area contributed by atoms with Crippen LogP contribution in [0, 0.1) is 6.92 Å². The summed E-state index contributed by atoms with van der Waals surface area (Å²) < 4.78 is 0. The molecule has 0 aliphatic heterocycles. The first-order valence-electron chi connectivity index (χ1n) is 5.98. The topological polar surface area (TPSA) is 75.3 Å². The predicted molar refractivity (Wildman–Crippen MR) is 83.1 cm³/mol. The Bertz CT molecular complexity index is 666. The number of aryl methyl sites for hydroxylation is 1. The summed E-state index contributed by atoms with van der Waals surface area (Å²) in [7, 11) is 0. The van der Waals surface area contributed by atoms with Crippen molar-refractivity contribution in [2.24, 2.45) is 5.73 Å². The number of carbonyl (C=O) groups excluding carboxylic acids is 1. The van der Waals surface area contributed by atoms with Crippen LogP contribution < -0.4 is 11.1 Å². The molecule has 5 heteroatoms. The van der Waals surface area contributed by atoms with E-state index in [0.29, 0.717) is 16.8 Å². The minimum absolute atomic E-state index is 0.119. The Hall–Kier alpha value is -2.40. The first kappa shape index (κ1) is 14.0. The van der Waals surface area contributed by atoms with E-state index < -0.39 is 0 Å². The lowest BCUT2D eigenvalue weighted by Gasteiger charge is -2.10. The Balaban J connectivity index is 2.25. The summed E-state index contributed by atoms with van der Waals surface area (Å²) in [5.41, 5.74) is 8.32. The van der Waals surface area contributed by atoms with Crippen LogP contribution in [0.1, 0.15) is 21.5 Å². The first-order valence-corrected chi connectivity index (χ1v) is 6.39. The van der Waals surface area contributed by atoms with Gasteiger partial charge in [-0.3, -0.25) is 4.79 Å². The second kappa shape index (κ2) is 5.71. The minimum atomic E-state index is -0.256. The van der Waals surface area contributed by atoms with E-state index >= 15 is 0 Å². The number of rotatable bonds is 3. The van der Waals surface area contributed by atoms with E-state index in [0.717, 1.165) is 5.56 Å². The number of hydrogen-bond donors (Lipinski definition) is 3. The molecule has 4 nitrogen and oxygen atoms in total. The lowest BCUT2D eigenvalue weighted by atomic mass is 10.1. The quantitative estimate of drug-likeness (QED) is 0.758. The van der Waals surface area contributed by atoms with Gasteiger partial charge in [0.25, 0.3) is 5.91 Å². The van der Waals surface area contributed by atoms with Crippen LogP contribution in [0.4, 0.5) is 5.69 Å². The largest absolute Gasteiger partial charge is 0.508 e. The molecule has 102 valence electrons. The lowest BCUT2D eigenvalue weighted by molar-refractivity contribution is 0.102. The van der Waals surface area contributed by atoms with Crippen LogP contribution in [0.3, 0.4) is 0 Å². The molecule has 0 saturated heterocycles. The SMILES string of the molecule is Cc1ccc(C(N)=S)cc1NC(=O)c1ccc(O)cc1. The van der Waals surface area contributed by atoms with Gasteiger partial charge in [-0.15, -0.1) is 0 Å². The van der Waals surface area contributed by atoms with Gasteiger partial charge in [-0.2, -0.15) is 0 Å². The Morgan fingerprint density at radius 2 is 1.75 bits per heavy atom. The summed E-state index contributed by atoms with van der Waals surface area (Å²) in [6.45, 7) is 1.88. The summed E-state index contributed by atoms with van der Waals surface area (Å²) in [6.07, 6.45) is 0. The number of thiocarbonyl (C=S) groups is 1. The van der Waals surface area contributed by atoms with Gasteiger partial charge in [0.2, 0.25) is 0 Å². The molecular weight excluding hydrogens is 272 g/mol. The summed E-state index contributed by atoms with van der Waals surface area (Å²) in [4.78, 5) is 12.4. The molecule has 2 aromatic carbocycles. The zero-order valence-electron chi connectivity index (χ0n) is 10.9. The summed E-state index contributed by atoms with van der Waals surface area (Å²) in [5, 5.41) is 12.0. The fourth-order valence-electron chi connectivity index (χ4n) is 1.72. The molecule has 2 aromatic rings. The third-order valence-electron chi connectivity index (χ3n) is 2.90. The molecule has 0 radical (unpaired) electrons. The molecule has 0 aliphatic carbocycles. The molecule has 0 atom stereocenters. The van der Waals surface area contributed by atoms with Crippen molar-refractivity contribution in [3.63, 3.8) is 0 Å². The number of benzene rings is 2. The maximum absolute atomic E-state index is 12.1. The Morgan fingerprint density at radius 1 is 1.15 bits per heavy atom.